The van der Waals surface area contributed by atoms with Crippen LogP contribution in [0.4, 0.5) is 17.1 Å². The number of ether oxygens (including phenoxy) is 1. The number of piperidine rings is 1. The van der Waals surface area contributed by atoms with Crippen molar-refractivity contribution in [1.29, 1.82) is 0 Å². The van der Waals surface area contributed by atoms with Gasteiger partial charge in [-0.05, 0) is 109 Å². The van der Waals surface area contributed by atoms with Crippen LogP contribution in [0.15, 0.2) is 36.4 Å². The minimum atomic E-state index is -0.0945. The summed E-state index contributed by atoms with van der Waals surface area (Å²) in [5.41, 5.74) is 5.66. The fourth-order valence-electron chi connectivity index (χ4n) is 6.62. The van der Waals surface area contributed by atoms with Crippen molar-refractivity contribution in [3.8, 4) is 0 Å². The molecule has 1 amide bonds. The second kappa shape index (κ2) is 13.0. The molecular formula is C33H47N7O2. The maximum Gasteiger partial charge on any atom is 0.257 e. The van der Waals surface area contributed by atoms with Crippen LogP contribution in [0, 0.1) is 12.8 Å². The van der Waals surface area contributed by atoms with Crippen molar-refractivity contribution >= 4 is 33.9 Å². The van der Waals surface area contributed by atoms with E-state index in [9.17, 15) is 4.79 Å². The third-order valence-electron chi connectivity index (χ3n) is 9.48. The number of carbonyl (C=O) groups is 1. The molecule has 2 N–H and O–H groups in total. The van der Waals surface area contributed by atoms with Gasteiger partial charge in [-0.1, -0.05) is 0 Å². The summed E-state index contributed by atoms with van der Waals surface area (Å²) < 4.78 is 7.72. The van der Waals surface area contributed by atoms with Gasteiger partial charge in [0.1, 0.15) is 0 Å². The summed E-state index contributed by atoms with van der Waals surface area (Å²) in [5.74, 6) is 0.655. The van der Waals surface area contributed by atoms with E-state index >= 15 is 0 Å². The van der Waals surface area contributed by atoms with Crippen molar-refractivity contribution in [2.45, 2.75) is 51.6 Å². The summed E-state index contributed by atoms with van der Waals surface area (Å²) in [7, 11) is 4.38. The Morgan fingerprint density at radius 3 is 2.43 bits per heavy atom. The predicted octanol–water partition coefficient (Wildman–Crippen LogP) is 4.67. The van der Waals surface area contributed by atoms with Gasteiger partial charge >= 0.3 is 0 Å². The van der Waals surface area contributed by atoms with Gasteiger partial charge in [0.25, 0.3) is 5.91 Å². The van der Waals surface area contributed by atoms with Crippen LogP contribution >= 0.6 is 0 Å². The first-order valence-corrected chi connectivity index (χ1v) is 15.8. The van der Waals surface area contributed by atoms with Gasteiger partial charge in [-0.25, -0.2) is 0 Å². The van der Waals surface area contributed by atoms with Gasteiger partial charge in [0.2, 0.25) is 0 Å². The van der Waals surface area contributed by atoms with Gasteiger partial charge in [-0.3, -0.25) is 9.48 Å². The maximum absolute atomic E-state index is 13.8. The summed E-state index contributed by atoms with van der Waals surface area (Å²) >= 11 is 0. The standard InChI is InChI=1S/C33H47N7O2/c1-24-29-6-4-27(22-32(29)40(36-24)15-10-25-8-13-37(2)14-9-25)35-33(41)30-7-5-28(39-18-16-38(3)17-19-39)23-31(30)34-26-11-20-42-21-12-26/h4-7,22-23,25-26,34H,8-21H2,1-3H3,(H,35,41). The molecule has 42 heavy (non-hydrogen) atoms. The minimum absolute atomic E-state index is 0.0945. The molecule has 9 nitrogen and oxygen atoms in total. The van der Waals surface area contributed by atoms with Crippen LogP contribution in [-0.4, -0.2) is 98.1 Å². The monoisotopic (exact) mass is 573 g/mol. The number of nitrogens with zero attached hydrogens (tertiary/aromatic N) is 5. The third-order valence-corrected chi connectivity index (χ3v) is 9.48. The van der Waals surface area contributed by atoms with Crippen LogP contribution in [0.1, 0.15) is 48.2 Å². The molecule has 3 aromatic rings. The molecule has 0 spiro atoms. The van der Waals surface area contributed by atoms with Gasteiger partial charge in [0, 0.05) is 74.4 Å². The molecule has 2 aromatic carbocycles. The number of likely N-dealkylation sites (tertiary alicyclic amines) is 1. The molecule has 4 heterocycles. The number of carbonyl (C=O) groups excluding carboxylic acids is 1. The summed E-state index contributed by atoms with van der Waals surface area (Å²) in [6, 6.07) is 12.7. The number of anilines is 3. The van der Waals surface area contributed by atoms with Gasteiger partial charge in [0.05, 0.1) is 16.8 Å². The lowest BCUT2D eigenvalue weighted by atomic mass is 9.94. The first-order valence-electron chi connectivity index (χ1n) is 15.8. The Hall–Kier alpha value is -3.14. The number of nitrogens with one attached hydrogen (secondary N) is 2. The molecular weight excluding hydrogens is 526 g/mol. The molecule has 226 valence electrons. The highest BCUT2D eigenvalue weighted by Crippen LogP contribution is 2.29. The molecule has 3 aliphatic heterocycles. The number of hydrogen-bond donors (Lipinski definition) is 2. The van der Waals surface area contributed by atoms with Crippen LogP contribution in [0.25, 0.3) is 10.9 Å². The lowest BCUT2D eigenvalue weighted by Crippen LogP contribution is -2.44. The topological polar surface area (TPSA) is 77.9 Å². The SMILES string of the molecule is Cc1nn(CCC2CCN(C)CC2)c2cc(NC(=O)c3ccc(N4CCN(C)CC4)cc3NC3CCOCC3)ccc12. The first kappa shape index (κ1) is 29.0. The molecule has 0 saturated carbocycles. The second-order valence-corrected chi connectivity index (χ2v) is 12.6. The fourth-order valence-corrected chi connectivity index (χ4v) is 6.62. The fraction of sp³-hybridized carbons (Fsp3) is 0.576. The van der Waals surface area contributed by atoms with Crippen molar-refractivity contribution in [3.63, 3.8) is 0 Å². The molecule has 0 radical (unpaired) electrons. The van der Waals surface area contributed by atoms with E-state index in [1.54, 1.807) is 0 Å². The van der Waals surface area contributed by atoms with Gasteiger partial charge in [0.15, 0.2) is 0 Å². The Morgan fingerprint density at radius 2 is 1.67 bits per heavy atom. The second-order valence-electron chi connectivity index (χ2n) is 12.6. The van der Waals surface area contributed by atoms with Crippen LogP contribution < -0.4 is 15.5 Å². The quantitative estimate of drug-likeness (QED) is 0.406. The number of hydrogen-bond acceptors (Lipinski definition) is 7. The molecule has 0 aliphatic carbocycles. The van der Waals surface area contributed by atoms with E-state index in [0.717, 1.165) is 99.1 Å². The summed E-state index contributed by atoms with van der Waals surface area (Å²) in [6.45, 7) is 10.9. The van der Waals surface area contributed by atoms with Crippen molar-refractivity contribution in [1.82, 2.24) is 19.6 Å². The van der Waals surface area contributed by atoms with Crippen LogP contribution in [0.2, 0.25) is 0 Å². The maximum atomic E-state index is 13.8. The molecule has 3 aliphatic rings. The molecule has 0 bridgehead atoms. The van der Waals surface area contributed by atoms with E-state index in [-0.39, 0.29) is 5.91 Å². The van der Waals surface area contributed by atoms with E-state index in [1.165, 1.54) is 31.6 Å². The van der Waals surface area contributed by atoms with E-state index in [1.807, 2.05) is 12.1 Å². The number of benzene rings is 2. The zero-order chi connectivity index (χ0) is 29.1. The number of fused-ring (bicyclic) bond motifs is 1. The molecule has 3 fully saturated rings. The summed E-state index contributed by atoms with van der Waals surface area (Å²) in [5, 5.41) is 12.9. The summed E-state index contributed by atoms with van der Waals surface area (Å²) in [6.07, 6.45) is 5.54. The van der Waals surface area contributed by atoms with Crippen LogP contribution in [0.3, 0.4) is 0 Å². The van der Waals surface area contributed by atoms with Crippen molar-refractivity contribution in [3.05, 3.63) is 47.7 Å². The normalized spacial score (nSPS) is 19.8. The average Bonchev–Trinajstić information content (AvgIpc) is 3.32. The number of aromatic nitrogens is 2. The third kappa shape index (κ3) is 6.74. The van der Waals surface area contributed by atoms with Gasteiger partial charge < -0.3 is 30.1 Å². The molecule has 6 rings (SSSR count). The predicted molar refractivity (Wildman–Crippen MR) is 171 cm³/mol. The molecule has 0 atom stereocenters. The molecule has 0 unspecified atom stereocenters. The average molecular weight is 574 g/mol. The molecule has 9 heteroatoms. The first-order chi connectivity index (χ1) is 20.4. The number of piperazine rings is 1. The lowest BCUT2D eigenvalue weighted by molar-refractivity contribution is 0.0904. The van der Waals surface area contributed by atoms with Crippen LogP contribution in [-0.2, 0) is 11.3 Å². The number of rotatable bonds is 8. The van der Waals surface area contributed by atoms with Crippen molar-refractivity contribution in [2.75, 3.05) is 82.1 Å². The Bertz CT molecular complexity index is 1370. The summed E-state index contributed by atoms with van der Waals surface area (Å²) in [4.78, 5) is 21.0. The Morgan fingerprint density at radius 1 is 0.929 bits per heavy atom. The van der Waals surface area contributed by atoms with E-state index < -0.39 is 0 Å². The van der Waals surface area contributed by atoms with Crippen molar-refractivity contribution < 1.29 is 9.53 Å². The van der Waals surface area contributed by atoms with Crippen molar-refractivity contribution in [2.24, 2.45) is 5.92 Å². The molecule has 1 aromatic heterocycles. The number of aryl methyl sites for hydroxylation is 2. The highest BCUT2D eigenvalue weighted by atomic mass is 16.5. The van der Waals surface area contributed by atoms with E-state index in [4.69, 9.17) is 9.84 Å². The lowest BCUT2D eigenvalue weighted by Gasteiger charge is -2.34. The van der Waals surface area contributed by atoms with Gasteiger partial charge in [-0.2, -0.15) is 5.10 Å². The highest BCUT2D eigenvalue weighted by Gasteiger charge is 2.22. The number of likely N-dealkylation sites (N-methyl/N-ethyl adjacent to an activating group) is 1. The zero-order valence-corrected chi connectivity index (χ0v) is 25.6. The van der Waals surface area contributed by atoms with Gasteiger partial charge in [-0.15, -0.1) is 0 Å². The highest BCUT2D eigenvalue weighted by molar-refractivity contribution is 6.09. The van der Waals surface area contributed by atoms with E-state index in [2.05, 4.69) is 75.3 Å². The zero-order valence-electron chi connectivity index (χ0n) is 25.6. The Kier molecular flexibility index (Phi) is 8.97. The largest absolute Gasteiger partial charge is 0.381 e. The number of amides is 1. The minimum Gasteiger partial charge on any atom is -0.381 e. The Balaban J connectivity index is 1.20. The smallest absolute Gasteiger partial charge is 0.257 e. The van der Waals surface area contributed by atoms with Crippen LogP contribution in [0.5, 0.6) is 0 Å². The molecule has 3 saturated heterocycles. The van der Waals surface area contributed by atoms with E-state index in [0.29, 0.717) is 11.6 Å². The Labute approximate surface area is 250 Å².